The first-order chi connectivity index (χ1) is 7.92. The van der Waals surface area contributed by atoms with Crippen molar-refractivity contribution in [3.8, 4) is 5.75 Å². The molecule has 0 saturated heterocycles. The monoisotopic (exact) mass is 235 g/mol. The van der Waals surface area contributed by atoms with Crippen molar-refractivity contribution in [2.45, 2.75) is 39.2 Å². The van der Waals surface area contributed by atoms with Crippen molar-refractivity contribution in [1.82, 2.24) is 0 Å². The number of ketones is 1. The molecule has 0 saturated carbocycles. The van der Waals surface area contributed by atoms with E-state index >= 15 is 0 Å². The van der Waals surface area contributed by atoms with E-state index in [2.05, 4.69) is 0 Å². The topological polar surface area (TPSA) is 52.3 Å². The molecule has 3 heteroatoms. The largest absolute Gasteiger partial charge is 0.497 e. The fourth-order valence-electron chi connectivity index (χ4n) is 1.96. The highest BCUT2D eigenvalue weighted by Crippen LogP contribution is 2.22. The maximum Gasteiger partial charge on any atom is 0.182 e. The summed E-state index contributed by atoms with van der Waals surface area (Å²) in [6.45, 7) is 5.72. The molecule has 0 amide bonds. The van der Waals surface area contributed by atoms with Crippen LogP contribution in [-0.2, 0) is 0 Å². The third-order valence-corrected chi connectivity index (χ3v) is 2.97. The number of carbonyl (C=O) groups is 1. The molecule has 0 aliphatic heterocycles. The first kappa shape index (κ1) is 13.7. The number of nitrogens with two attached hydrogens (primary N) is 1. The Labute approximate surface area is 103 Å². The quantitative estimate of drug-likeness (QED) is 0.798. The molecule has 1 rings (SSSR count). The first-order valence-electron chi connectivity index (χ1n) is 5.90. The smallest absolute Gasteiger partial charge is 0.182 e. The number of hydrogen-bond acceptors (Lipinski definition) is 3. The summed E-state index contributed by atoms with van der Waals surface area (Å²) in [5, 5.41) is 0. The van der Waals surface area contributed by atoms with Gasteiger partial charge in [-0.15, -0.1) is 0 Å². The fourth-order valence-corrected chi connectivity index (χ4v) is 1.96. The van der Waals surface area contributed by atoms with E-state index in [4.69, 9.17) is 10.5 Å². The Balaban J connectivity index is 3.04. The highest BCUT2D eigenvalue weighted by molar-refractivity contribution is 6.04. The third kappa shape index (κ3) is 3.07. The van der Waals surface area contributed by atoms with Crippen LogP contribution in [0.1, 0.15) is 42.6 Å². The summed E-state index contributed by atoms with van der Waals surface area (Å²) in [5.41, 5.74) is 6.87. The standard InChI is InChI=1S/C14H21NO2/c1-5-8-14(3,15)13(16)12-7-6-11(17-4)9-10(12)2/h6-7,9H,5,8,15H2,1-4H3. The second-order valence-electron chi connectivity index (χ2n) is 4.68. The van der Waals surface area contributed by atoms with Crippen molar-refractivity contribution in [3.63, 3.8) is 0 Å². The summed E-state index contributed by atoms with van der Waals surface area (Å²) >= 11 is 0. The molecule has 0 aromatic heterocycles. The average molecular weight is 235 g/mol. The molecule has 1 unspecified atom stereocenters. The van der Waals surface area contributed by atoms with Crippen LogP contribution in [-0.4, -0.2) is 18.4 Å². The Bertz CT molecular complexity index is 411. The van der Waals surface area contributed by atoms with Crippen molar-refractivity contribution < 1.29 is 9.53 Å². The zero-order valence-corrected chi connectivity index (χ0v) is 11.0. The third-order valence-electron chi connectivity index (χ3n) is 2.97. The van der Waals surface area contributed by atoms with E-state index in [-0.39, 0.29) is 5.78 Å². The first-order valence-corrected chi connectivity index (χ1v) is 5.90. The average Bonchev–Trinajstić information content (AvgIpc) is 2.28. The van der Waals surface area contributed by atoms with Gasteiger partial charge in [0.15, 0.2) is 5.78 Å². The van der Waals surface area contributed by atoms with Crippen molar-refractivity contribution in [2.24, 2.45) is 5.73 Å². The van der Waals surface area contributed by atoms with Crippen LogP contribution in [0.15, 0.2) is 18.2 Å². The predicted octanol–water partition coefficient (Wildman–Crippen LogP) is 2.70. The van der Waals surface area contributed by atoms with Gasteiger partial charge in [-0.25, -0.2) is 0 Å². The SMILES string of the molecule is CCCC(C)(N)C(=O)c1ccc(OC)cc1C. The number of rotatable bonds is 5. The molecule has 94 valence electrons. The molecule has 2 N–H and O–H groups in total. The summed E-state index contributed by atoms with van der Waals surface area (Å²) < 4.78 is 5.12. The molecule has 0 bridgehead atoms. The van der Waals surface area contributed by atoms with E-state index in [9.17, 15) is 4.79 Å². The second kappa shape index (κ2) is 5.32. The van der Waals surface area contributed by atoms with Crippen LogP contribution in [0.25, 0.3) is 0 Å². The van der Waals surface area contributed by atoms with Crippen LogP contribution in [0.5, 0.6) is 5.75 Å². The van der Waals surface area contributed by atoms with Crippen LogP contribution in [0.3, 0.4) is 0 Å². The minimum absolute atomic E-state index is 0.000460. The predicted molar refractivity (Wildman–Crippen MR) is 69.6 cm³/mol. The molecule has 3 nitrogen and oxygen atoms in total. The van der Waals surface area contributed by atoms with Gasteiger partial charge in [0.25, 0.3) is 0 Å². The lowest BCUT2D eigenvalue weighted by molar-refractivity contribution is 0.0892. The van der Waals surface area contributed by atoms with Gasteiger partial charge >= 0.3 is 0 Å². The van der Waals surface area contributed by atoms with Crippen LogP contribution in [0, 0.1) is 6.92 Å². The molecule has 1 aromatic carbocycles. The van der Waals surface area contributed by atoms with Gasteiger partial charge in [-0.3, -0.25) is 4.79 Å². The zero-order valence-electron chi connectivity index (χ0n) is 11.0. The molecule has 17 heavy (non-hydrogen) atoms. The summed E-state index contributed by atoms with van der Waals surface area (Å²) in [6.07, 6.45) is 1.59. The Hall–Kier alpha value is -1.35. The van der Waals surface area contributed by atoms with Gasteiger partial charge in [-0.1, -0.05) is 13.3 Å². The summed E-state index contributed by atoms with van der Waals surface area (Å²) in [5.74, 6) is 0.757. The van der Waals surface area contributed by atoms with E-state index in [1.165, 1.54) is 0 Å². The maximum atomic E-state index is 12.3. The minimum atomic E-state index is -0.784. The van der Waals surface area contributed by atoms with E-state index in [0.717, 1.165) is 17.7 Å². The lowest BCUT2D eigenvalue weighted by Gasteiger charge is -2.23. The van der Waals surface area contributed by atoms with Gasteiger partial charge in [-0.2, -0.15) is 0 Å². The second-order valence-corrected chi connectivity index (χ2v) is 4.68. The van der Waals surface area contributed by atoms with Crippen molar-refractivity contribution in [1.29, 1.82) is 0 Å². The number of aryl methyl sites for hydroxylation is 1. The van der Waals surface area contributed by atoms with Crippen LogP contribution in [0.2, 0.25) is 0 Å². The number of carbonyl (C=O) groups excluding carboxylic acids is 1. The van der Waals surface area contributed by atoms with E-state index < -0.39 is 5.54 Å². The van der Waals surface area contributed by atoms with Crippen LogP contribution in [0.4, 0.5) is 0 Å². The zero-order chi connectivity index (χ0) is 13.1. The highest BCUT2D eigenvalue weighted by atomic mass is 16.5. The Morgan fingerprint density at radius 1 is 1.47 bits per heavy atom. The molecule has 0 radical (unpaired) electrons. The number of ether oxygens (including phenoxy) is 1. The van der Waals surface area contributed by atoms with Crippen LogP contribution >= 0.6 is 0 Å². The van der Waals surface area contributed by atoms with Crippen molar-refractivity contribution in [3.05, 3.63) is 29.3 Å². The summed E-state index contributed by atoms with van der Waals surface area (Å²) in [7, 11) is 1.61. The van der Waals surface area contributed by atoms with Gasteiger partial charge in [-0.05, 0) is 44.0 Å². The summed E-state index contributed by atoms with van der Waals surface area (Å²) in [6, 6.07) is 5.44. The number of benzene rings is 1. The molecule has 0 heterocycles. The Morgan fingerprint density at radius 2 is 2.12 bits per heavy atom. The summed E-state index contributed by atoms with van der Waals surface area (Å²) in [4.78, 5) is 12.3. The van der Waals surface area contributed by atoms with E-state index in [1.807, 2.05) is 19.9 Å². The number of methoxy groups -OCH3 is 1. The van der Waals surface area contributed by atoms with Gasteiger partial charge in [0.2, 0.25) is 0 Å². The number of Topliss-reactive ketones (excluding diaryl/α,β-unsaturated/α-hetero) is 1. The van der Waals surface area contributed by atoms with Gasteiger partial charge in [0.1, 0.15) is 5.75 Å². The van der Waals surface area contributed by atoms with Gasteiger partial charge in [0, 0.05) is 5.56 Å². The molecule has 0 spiro atoms. The molecule has 1 atom stereocenters. The molecule has 0 fully saturated rings. The molecule has 0 aliphatic carbocycles. The lowest BCUT2D eigenvalue weighted by Crippen LogP contribution is -2.45. The van der Waals surface area contributed by atoms with Crippen molar-refractivity contribution in [2.75, 3.05) is 7.11 Å². The Morgan fingerprint density at radius 3 is 2.59 bits per heavy atom. The molecule has 0 aliphatic rings. The van der Waals surface area contributed by atoms with E-state index in [0.29, 0.717) is 12.0 Å². The van der Waals surface area contributed by atoms with Gasteiger partial charge in [0.05, 0.1) is 12.6 Å². The van der Waals surface area contributed by atoms with E-state index in [1.54, 1.807) is 26.2 Å². The maximum absolute atomic E-state index is 12.3. The minimum Gasteiger partial charge on any atom is -0.497 e. The van der Waals surface area contributed by atoms with Crippen LogP contribution < -0.4 is 10.5 Å². The van der Waals surface area contributed by atoms with Crippen molar-refractivity contribution >= 4 is 5.78 Å². The Kier molecular flexibility index (Phi) is 4.29. The molecular weight excluding hydrogens is 214 g/mol. The molecular formula is C14H21NO2. The fraction of sp³-hybridized carbons (Fsp3) is 0.500. The normalized spacial score (nSPS) is 14.2. The molecule has 1 aromatic rings. The van der Waals surface area contributed by atoms with Gasteiger partial charge < -0.3 is 10.5 Å². The highest BCUT2D eigenvalue weighted by Gasteiger charge is 2.29. The number of hydrogen-bond donors (Lipinski definition) is 1. The lowest BCUT2D eigenvalue weighted by atomic mass is 9.86.